The molecule has 6 heterocycles. The van der Waals surface area contributed by atoms with E-state index in [-0.39, 0.29) is 62.4 Å². The summed E-state index contributed by atoms with van der Waals surface area (Å²) in [7, 11) is 28.5. The molecule has 81 heavy (non-hydrogen) atoms. The predicted molar refractivity (Wildman–Crippen MR) is 319 cm³/mol. The molecule has 6 saturated heterocycles. The molecule has 5 atom stereocenters. The van der Waals surface area contributed by atoms with Gasteiger partial charge in [0.05, 0.1) is 88.6 Å². The molecule has 0 bridgehead atoms. The molecular weight excluding hydrogens is 1060 g/mol. The van der Waals surface area contributed by atoms with E-state index in [9.17, 15) is 5.11 Å². The number of methoxy groups -OCH3 is 4. The van der Waals surface area contributed by atoms with E-state index in [4.69, 9.17) is 75.1 Å². The molecule has 6 fully saturated rings. The molecular formula is C55H129N7O19. The van der Waals surface area contributed by atoms with E-state index in [2.05, 4.69) is 36.0 Å². The number of rotatable bonds is 14. The second-order valence-corrected chi connectivity index (χ2v) is 21.3. The van der Waals surface area contributed by atoms with Gasteiger partial charge in [-0.05, 0) is 148 Å². The number of hydrogen-bond acceptors (Lipinski definition) is 26. The van der Waals surface area contributed by atoms with E-state index in [1.165, 1.54) is 7.11 Å². The molecule has 0 spiro atoms. The highest BCUT2D eigenvalue weighted by atomic mass is 16.6. The Bertz CT molecular complexity index is 1080. The van der Waals surface area contributed by atoms with Gasteiger partial charge < -0.3 is 124 Å². The molecule has 0 amide bonds. The topological polar surface area (TPSA) is 330 Å². The third-order valence-corrected chi connectivity index (χ3v) is 11.1. The maximum Gasteiger partial charge on any atom is 0.143 e. The second kappa shape index (κ2) is 68.1. The van der Waals surface area contributed by atoms with Crippen LogP contribution >= 0.6 is 0 Å². The van der Waals surface area contributed by atoms with E-state index in [0.717, 1.165) is 150 Å². The van der Waals surface area contributed by atoms with Gasteiger partial charge in [0, 0.05) is 114 Å². The molecule has 26 nitrogen and oxygen atoms in total. The van der Waals surface area contributed by atoms with Crippen molar-refractivity contribution in [2.24, 2.45) is 0 Å². The Morgan fingerprint density at radius 1 is 0.407 bits per heavy atom. The van der Waals surface area contributed by atoms with Crippen LogP contribution in [-0.2, 0) is 33.2 Å². The lowest BCUT2D eigenvalue weighted by molar-refractivity contribution is -0.00535. The van der Waals surface area contributed by atoms with Crippen LogP contribution in [0.3, 0.4) is 0 Å². The third kappa shape index (κ3) is 83.2. The molecule has 12 N–H and O–H groups in total. The van der Waals surface area contributed by atoms with Gasteiger partial charge in [-0.1, -0.05) is 0 Å². The van der Waals surface area contributed by atoms with Crippen LogP contribution in [0.2, 0.25) is 0 Å². The summed E-state index contributed by atoms with van der Waals surface area (Å²) in [5, 5.41) is 103. The van der Waals surface area contributed by atoms with E-state index in [0.29, 0.717) is 39.6 Å². The van der Waals surface area contributed by atoms with Crippen LogP contribution in [0.5, 0.6) is 0 Å². The summed E-state index contributed by atoms with van der Waals surface area (Å²) in [4.78, 5) is 14.1. The molecule has 0 radical (unpaired) electrons. The number of aliphatic hydroxyl groups excluding tert-OH is 12. The fourth-order valence-corrected chi connectivity index (χ4v) is 6.98. The number of piperidine rings is 2. The number of hydrogen-bond donors (Lipinski definition) is 12. The van der Waals surface area contributed by atoms with E-state index < -0.39 is 6.10 Å². The van der Waals surface area contributed by atoms with Crippen LogP contribution in [0.15, 0.2) is 0 Å². The van der Waals surface area contributed by atoms with Crippen molar-refractivity contribution >= 4 is 0 Å². The normalized spacial score (nSPS) is 21.6. The Labute approximate surface area is 491 Å². The molecule has 6 aliphatic heterocycles. The lowest BCUT2D eigenvalue weighted by Gasteiger charge is -2.25. The zero-order valence-corrected chi connectivity index (χ0v) is 53.8. The first-order chi connectivity index (χ1) is 38.2. The number of aliphatic hydroxyl groups is 12. The van der Waals surface area contributed by atoms with Gasteiger partial charge in [0.15, 0.2) is 0 Å². The van der Waals surface area contributed by atoms with Gasteiger partial charge in [0.25, 0.3) is 0 Å². The van der Waals surface area contributed by atoms with Crippen molar-refractivity contribution in [2.45, 2.75) is 119 Å². The average Bonchev–Trinajstić information content (AvgIpc) is 4.05. The molecule has 26 heteroatoms. The Kier molecular flexibility index (Phi) is 76.6. The first kappa shape index (κ1) is 91.1. The minimum Gasteiger partial charge on any atom is -0.400 e. The van der Waals surface area contributed by atoms with Crippen LogP contribution in [0.25, 0.3) is 0 Å². The van der Waals surface area contributed by atoms with Gasteiger partial charge >= 0.3 is 0 Å². The summed E-state index contributed by atoms with van der Waals surface area (Å²) < 4.78 is 32.8. The highest BCUT2D eigenvalue weighted by Crippen LogP contribution is 2.08. The molecule has 498 valence electrons. The SMILES string of the molecule is CN(C)CC(O)CN(C)C.CN(C)CO.CN1CCC(O)C1.CN1CCC(O)CC1.CN1CCCC(O)C1.CO.COCC(O)CN(C)C.COCC(O)COC.COCO.OC1CCCOC1.OC1CCOC1.OC1CCOCC1. The van der Waals surface area contributed by atoms with Gasteiger partial charge in [-0.3, -0.25) is 4.90 Å². The van der Waals surface area contributed by atoms with Gasteiger partial charge in [-0.15, -0.1) is 0 Å². The van der Waals surface area contributed by atoms with Gasteiger partial charge in [-0.25, -0.2) is 0 Å². The highest BCUT2D eigenvalue weighted by Gasteiger charge is 2.16. The maximum absolute atomic E-state index is 9.31. The standard InChI is InChI=1S/C7H18N2O.C6H15NO2.2C6H13NO.C5H11NO.C5H12O3.2C5H10O2.C4H8O2.C3H9NO.C2H6O2.CH4O/c1-8(2)5-7(10)6-9(3)4;1-7(2)4-6(8)5-9-3;1-7-4-2-6(8)3-5-7;1-7-4-2-3-6(8)5-7;1-6-3-2-5(7)4-6;1-7-3-5(6)4-8-2;6-5-1-3-7-4-2-5;6-5-2-1-3-7-4-5;5-4-1-2-6-3-4;1-4(2)3-5;1-4-2-3;1-2/h7,10H,5-6H2,1-4H3;6,8H,4-5H2,1-3H3;2*6,8H,2-5H2,1H3;5,7H,2-4H2,1H3;5-6H,3-4H2,1-2H3;2*5-6H,1-4H2;4-5H,1-3H2;5H,3H2,1-2H3;3H,2H2,1H3;2H,1H3. The van der Waals surface area contributed by atoms with Crippen LogP contribution in [0, 0.1) is 0 Å². The Morgan fingerprint density at radius 2 is 0.741 bits per heavy atom. The van der Waals surface area contributed by atoms with Crippen LogP contribution < -0.4 is 0 Å². The number of likely N-dealkylation sites (tertiary alicyclic amines) is 3. The minimum atomic E-state index is -0.481. The van der Waals surface area contributed by atoms with Gasteiger partial charge in [0.2, 0.25) is 0 Å². The molecule has 0 aromatic carbocycles. The van der Waals surface area contributed by atoms with Crippen molar-refractivity contribution in [1.82, 2.24) is 34.3 Å². The van der Waals surface area contributed by atoms with Crippen molar-refractivity contribution in [3.63, 3.8) is 0 Å². The summed E-state index contributed by atoms with van der Waals surface area (Å²) in [5.41, 5.74) is 0. The van der Waals surface area contributed by atoms with Crippen molar-refractivity contribution in [2.75, 3.05) is 245 Å². The largest absolute Gasteiger partial charge is 0.400 e. The second-order valence-electron chi connectivity index (χ2n) is 21.3. The molecule has 0 aromatic heterocycles. The monoisotopic (exact) mass is 1190 g/mol. The highest BCUT2D eigenvalue weighted by molar-refractivity contribution is 4.71. The summed E-state index contributed by atoms with van der Waals surface area (Å²) in [6, 6.07) is 0. The fraction of sp³-hybridized carbons (Fsp3) is 1.00. The van der Waals surface area contributed by atoms with E-state index in [1.807, 2.05) is 71.1 Å². The molecule has 5 unspecified atom stereocenters. The van der Waals surface area contributed by atoms with Gasteiger partial charge in [0.1, 0.15) is 12.9 Å². The first-order valence-corrected chi connectivity index (χ1v) is 28.4. The lowest BCUT2D eigenvalue weighted by Crippen LogP contribution is -2.34. The zero-order valence-electron chi connectivity index (χ0n) is 53.8. The van der Waals surface area contributed by atoms with Crippen LogP contribution in [0.1, 0.15) is 64.2 Å². The van der Waals surface area contributed by atoms with Crippen molar-refractivity contribution in [1.29, 1.82) is 0 Å². The molecule has 0 aromatic rings. The van der Waals surface area contributed by atoms with Crippen LogP contribution in [-0.4, -0.2) is 395 Å². The number of ether oxygens (including phenoxy) is 7. The molecule has 0 aliphatic carbocycles. The summed E-state index contributed by atoms with van der Waals surface area (Å²) in [5.74, 6) is 0. The Balaban J connectivity index is -0.000000191. The lowest BCUT2D eigenvalue weighted by atomic mass is 10.1. The molecule has 0 saturated carbocycles. The molecule has 6 rings (SSSR count). The minimum absolute atomic E-state index is 0.0220. The van der Waals surface area contributed by atoms with E-state index in [1.54, 1.807) is 40.3 Å². The van der Waals surface area contributed by atoms with Gasteiger partial charge in [-0.2, -0.15) is 0 Å². The number of β-amino-alcohol motifs (C(OH)–C–C–N with tert-alkyl or cyclic N) is 2. The Morgan fingerprint density at radius 3 is 0.975 bits per heavy atom. The number of likely N-dealkylation sites (N-methyl/N-ethyl adjacent to an activating group) is 5. The Hall–Kier alpha value is -1.04. The van der Waals surface area contributed by atoms with Crippen LogP contribution in [0.4, 0.5) is 0 Å². The predicted octanol–water partition coefficient (Wildman–Crippen LogP) is -2.73. The smallest absolute Gasteiger partial charge is 0.143 e. The zero-order chi connectivity index (χ0) is 63.4. The summed E-state index contributed by atoms with van der Waals surface area (Å²) in [6.45, 7) is 13.4. The maximum atomic E-state index is 9.31. The fourth-order valence-electron chi connectivity index (χ4n) is 6.98. The number of nitrogens with zero attached hydrogens (tertiary/aromatic N) is 7. The van der Waals surface area contributed by atoms with Crippen molar-refractivity contribution in [3.8, 4) is 0 Å². The average molecular weight is 1190 g/mol. The molecule has 6 aliphatic rings. The quantitative estimate of drug-likeness (QED) is 0.0786. The van der Waals surface area contributed by atoms with Crippen molar-refractivity contribution < 1.29 is 94.4 Å². The summed E-state index contributed by atoms with van der Waals surface area (Å²) in [6.07, 6.45) is 7.74. The summed E-state index contributed by atoms with van der Waals surface area (Å²) >= 11 is 0. The van der Waals surface area contributed by atoms with Crippen molar-refractivity contribution in [3.05, 3.63) is 0 Å². The third-order valence-electron chi connectivity index (χ3n) is 11.1. The van der Waals surface area contributed by atoms with E-state index >= 15 is 0 Å². The first-order valence-electron chi connectivity index (χ1n) is 28.4.